The molecular weight excluding hydrogens is 540 g/mol. The first-order chi connectivity index (χ1) is 21.3. The third kappa shape index (κ3) is 4.26. The highest BCUT2D eigenvalue weighted by molar-refractivity contribution is 6.26. The average molecular weight is 583 g/mol. The van der Waals surface area contributed by atoms with E-state index in [0.717, 1.165) is 0 Å². The molecule has 0 radical (unpaired) electrons. The van der Waals surface area contributed by atoms with Crippen molar-refractivity contribution < 1.29 is 0 Å². The van der Waals surface area contributed by atoms with E-state index < -0.39 is 0 Å². The van der Waals surface area contributed by atoms with Gasteiger partial charge in [-0.3, -0.25) is 0 Å². The molecule has 222 valence electrons. The molecule has 0 amide bonds. The molecule has 7 aromatic rings. The first-order valence-electron chi connectivity index (χ1n) is 16.4. The molecule has 0 aliphatic heterocycles. The van der Waals surface area contributed by atoms with E-state index in [1.807, 2.05) is 0 Å². The van der Waals surface area contributed by atoms with Crippen molar-refractivity contribution in [3.8, 4) is 33.4 Å². The van der Waals surface area contributed by atoms with Crippen molar-refractivity contribution in [2.24, 2.45) is 0 Å². The van der Waals surface area contributed by atoms with Crippen molar-refractivity contribution in [1.29, 1.82) is 0 Å². The molecule has 45 heavy (non-hydrogen) atoms. The monoisotopic (exact) mass is 582 g/mol. The summed E-state index contributed by atoms with van der Waals surface area (Å²) in [7, 11) is 0. The fourth-order valence-corrected chi connectivity index (χ4v) is 7.75. The summed E-state index contributed by atoms with van der Waals surface area (Å²) in [5.74, 6) is 0. The van der Waals surface area contributed by atoms with Gasteiger partial charge in [0.2, 0.25) is 0 Å². The second kappa shape index (κ2) is 9.30. The van der Waals surface area contributed by atoms with Gasteiger partial charge in [0, 0.05) is 5.41 Å². The second-order valence-electron chi connectivity index (χ2n) is 15.9. The van der Waals surface area contributed by atoms with Crippen LogP contribution in [0.1, 0.15) is 77.6 Å². The van der Waals surface area contributed by atoms with Crippen LogP contribution in [0.2, 0.25) is 0 Å². The van der Waals surface area contributed by atoms with Crippen molar-refractivity contribution in [1.82, 2.24) is 0 Å². The Morgan fingerprint density at radius 2 is 0.978 bits per heavy atom. The van der Waals surface area contributed by atoms with Gasteiger partial charge >= 0.3 is 0 Å². The fourth-order valence-electron chi connectivity index (χ4n) is 7.75. The van der Waals surface area contributed by atoms with Crippen LogP contribution in [0, 0.1) is 0 Å². The van der Waals surface area contributed by atoms with Crippen molar-refractivity contribution in [2.75, 3.05) is 0 Å². The molecule has 0 bridgehead atoms. The maximum Gasteiger partial charge on any atom is 0.0159 e. The molecule has 0 saturated carbocycles. The Kier molecular flexibility index (Phi) is 5.80. The summed E-state index contributed by atoms with van der Waals surface area (Å²) in [6.07, 6.45) is 0. The van der Waals surface area contributed by atoms with Gasteiger partial charge in [-0.15, -0.1) is 0 Å². The molecule has 1 aliphatic rings. The Labute approximate surface area is 268 Å². The summed E-state index contributed by atoms with van der Waals surface area (Å²) < 4.78 is 0. The summed E-state index contributed by atoms with van der Waals surface area (Å²) in [4.78, 5) is 0. The van der Waals surface area contributed by atoms with Gasteiger partial charge in [0.25, 0.3) is 0 Å². The Balaban J connectivity index is 1.30. The minimum Gasteiger partial charge on any atom is -0.0619 e. The van der Waals surface area contributed by atoms with Crippen LogP contribution in [-0.4, -0.2) is 0 Å². The number of rotatable bonds is 2. The lowest BCUT2D eigenvalue weighted by Gasteiger charge is -2.25. The van der Waals surface area contributed by atoms with Crippen LogP contribution in [0.25, 0.3) is 65.7 Å². The highest BCUT2D eigenvalue weighted by atomic mass is 14.4. The van der Waals surface area contributed by atoms with Crippen molar-refractivity contribution in [3.05, 3.63) is 131 Å². The minimum absolute atomic E-state index is 0.00144. The zero-order chi connectivity index (χ0) is 31.5. The summed E-state index contributed by atoms with van der Waals surface area (Å²) >= 11 is 0. The maximum atomic E-state index is 2.46. The first kappa shape index (κ1) is 28.1. The average Bonchev–Trinajstić information content (AvgIpc) is 3.24. The lowest BCUT2D eigenvalue weighted by atomic mass is 9.79. The Hall–Kier alpha value is -4.42. The van der Waals surface area contributed by atoms with Gasteiger partial charge in [-0.05, 0) is 117 Å². The summed E-state index contributed by atoms with van der Waals surface area (Å²) in [6.45, 7) is 18.6. The zero-order valence-electron chi connectivity index (χ0n) is 27.9. The smallest absolute Gasteiger partial charge is 0.0159 e. The standard InChI is InChI=1S/C45H42/c1-43(2,3)33-21-30-17-18-31-22-34(44(4,5)6)26-38-37(24-32(23-33)41(30)42(31)38)28-15-13-27(14-16-28)29-19-20-36-35-11-9-10-12-39(35)45(7,8)40(36)25-29/h9-26H,1-8H3. The zero-order valence-corrected chi connectivity index (χ0v) is 27.9. The molecule has 0 unspecified atom stereocenters. The lowest BCUT2D eigenvalue weighted by Crippen LogP contribution is -2.14. The predicted molar refractivity (Wildman–Crippen MR) is 196 cm³/mol. The number of fused-ring (bicyclic) bond motifs is 3. The molecule has 0 atom stereocenters. The van der Waals surface area contributed by atoms with E-state index in [1.165, 1.54) is 88.0 Å². The highest BCUT2D eigenvalue weighted by Gasteiger charge is 2.35. The molecule has 7 aromatic carbocycles. The number of hydrogen-bond acceptors (Lipinski definition) is 0. The molecule has 0 heteroatoms. The van der Waals surface area contributed by atoms with Gasteiger partial charge in [0.1, 0.15) is 0 Å². The van der Waals surface area contributed by atoms with Crippen LogP contribution in [0.5, 0.6) is 0 Å². The number of hydrogen-bond donors (Lipinski definition) is 0. The number of benzene rings is 7. The van der Waals surface area contributed by atoms with Crippen LogP contribution >= 0.6 is 0 Å². The molecule has 0 heterocycles. The van der Waals surface area contributed by atoms with Crippen LogP contribution in [0.4, 0.5) is 0 Å². The molecule has 0 fully saturated rings. The van der Waals surface area contributed by atoms with Gasteiger partial charge in [0.15, 0.2) is 0 Å². The van der Waals surface area contributed by atoms with E-state index >= 15 is 0 Å². The molecule has 8 rings (SSSR count). The molecule has 0 spiro atoms. The topological polar surface area (TPSA) is 0 Å². The van der Waals surface area contributed by atoms with E-state index in [4.69, 9.17) is 0 Å². The quantitative estimate of drug-likeness (QED) is 0.178. The van der Waals surface area contributed by atoms with Crippen molar-refractivity contribution >= 4 is 32.3 Å². The molecule has 0 saturated heterocycles. The lowest BCUT2D eigenvalue weighted by molar-refractivity contribution is 0.591. The summed E-state index contributed by atoms with van der Waals surface area (Å²) in [5.41, 5.74) is 13.6. The Bertz CT molecular complexity index is 2280. The Morgan fingerprint density at radius 3 is 1.67 bits per heavy atom. The maximum absolute atomic E-state index is 2.46. The molecule has 0 N–H and O–H groups in total. The fraction of sp³-hybridized carbons (Fsp3) is 0.244. The molecule has 0 nitrogen and oxygen atoms in total. The SMILES string of the molecule is CC(C)(C)c1cc2ccc3cc(C(C)(C)C)cc4c(-c5ccc(-c6ccc7c(c6)C(C)(C)c6ccccc6-7)cc5)cc(c1)c2c34. The Morgan fingerprint density at radius 1 is 0.422 bits per heavy atom. The third-order valence-corrected chi connectivity index (χ3v) is 10.5. The minimum atomic E-state index is -0.00144. The highest BCUT2D eigenvalue weighted by Crippen LogP contribution is 2.50. The second-order valence-corrected chi connectivity index (χ2v) is 15.9. The van der Waals surface area contributed by atoms with Gasteiger partial charge < -0.3 is 0 Å². The van der Waals surface area contributed by atoms with Gasteiger partial charge in [-0.25, -0.2) is 0 Å². The van der Waals surface area contributed by atoms with Gasteiger partial charge in [-0.2, -0.15) is 0 Å². The van der Waals surface area contributed by atoms with Crippen LogP contribution in [0.3, 0.4) is 0 Å². The van der Waals surface area contributed by atoms with Crippen LogP contribution in [0.15, 0.2) is 109 Å². The normalized spacial score (nSPS) is 14.4. The summed E-state index contributed by atoms with van der Waals surface area (Å²) in [6, 6.07) is 42.1. The molecular formula is C45H42. The van der Waals surface area contributed by atoms with E-state index in [0.29, 0.717) is 0 Å². The third-order valence-electron chi connectivity index (χ3n) is 10.5. The van der Waals surface area contributed by atoms with Crippen LogP contribution in [-0.2, 0) is 16.2 Å². The largest absolute Gasteiger partial charge is 0.0619 e. The van der Waals surface area contributed by atoms with Crippen molar-refractivity contribution in [2.45, 2.75) is 71.6 Å². The van der Waals surface area contributed by atoms with Gasteiger partial charge in [0.05, 0.1) is 0 Å². The first-order valence-corrected chi connectivity index (χ1v) is 16.4. The predicted octanol–water partition coefficient (Wildman–Crippen LogP) is 12.8. The van der Waals surface area contributed by atoms with E-state index in [2.05, 4.69) is 165 Å². The van der Waals surface area contributed by atoms with Crippen molar-refractivity contribution in [3.63, 3.8) is 0 Å². The molecule has 1 aliphatic carbocycles. The van der Waals surface area contributed by atoms with E-state index in [1.54, 1.807) is 0 Å². The van der Waals surface area contributed by atoms with E-state index in [-0.39, 0.29) is 16.2 Å². The van der Waals surface area contributed by atoms with E-state index in [9.17, 15) is 0 Å². The van der Waals surface area contributed by atoms with Crippen LogP contribution < -0.4 is 0 Å². The summed E-state index contributed by atoms with van der Waals surface area (Å²) in [5, 5.41) is 8.12. The molecule has 0 aromatic heterocycles. The van der Waals surface area contributed by atoms with Gasteiger partial charge in [-0.1, -0.05) is 146 Å².